The first-order chi connectivity index (χ1) is 16.0. The second kappa shape index (κ2) is 10.9. The Balaban J connectivity index is 1.27. The van der Waals surface area contributed by atoms with Crippen LogP contribution in [0.3, 0.4) is 0 Å². The van der Waals surface area contributed by atoms with Crippen molar-refractivity contribution in [3.63, 3.8) is 0 Å². The van der Waals surface area contributed by atoms with Gasteiger partial charge in [0.25, 0.3) is 5.91 Å². The van der Waals surface area contributed by atoms with Crippen LogP contribution in [0.1, 0.15) is 21.5 Å². The van der Waals surface area contributed by atoms with Gasteiger partial charge in [-0.25, -0.2) is 0 Å². The number of carbonyl (C=O) groups excluding carboxylic acids is 1. The number of halogens is 2. The van der Waals surface area contributed by atoms with Crippen molar-refractivity contribution in [2.75, 3.05) is 33.3 Å². The maximum atomic E-state index is 12.9. The molecular formula is C26H26Cl2N2O3. The highest BCUT2D eigenvalue weighted by atomic mass is 35.5. The topological polar surface area (TPSA) is 42.0 Å². The molecule has 1 aliphatic rings. The zero-order valence-corrected chi connectivity index (χ0v) is 20.0. The molecule has 1 heterocycles. The van der Waals surface area contributed by atoms with Gasteiger partial charge in [-0.2, -0.15) is 0 Å². The van der Waals surface area contributed by atoms with Crippen molar-refractivity contribution < 1.29 is 14.3 Å². The van der Waals surface area contributed by atoms with Crippen LogP contribution >= 0.6 is 23.2 Å². The SMILES string of the molecule is COc1ccc(OCc2ccc(C(=O)N3CCN(Cc4ccc(Cl)cc4Cl)CC3)cc2)cc1. The number of piperazine rings is 1. The molecule has 0 spiro atoms. The third kappa shape index (κ3) is 6.20. The van der Waals surface area contributed by atoms with E-state index >= 15 is 0 Å². The number of amides is 1. The average molecular weight is 485 g/mol. The van der Waals surface area contributed by atoms with Gasteiger partial charge in [-0.15, -0.1) is 0 Å². The van der Waals surface area contributed by atoms with Crippen molar-refractivity contribution in [1.29, 1.82) is 0 Å². The molecule has 3 aromatic rings. The molecule has 0 unspecified atom stereocenters. The fraction of sp³-hybridized carbons (Fsp3) is 0.269. The highest BCUT2D eigenvalue weighted by Gasteiger charge is 2.22. The lowest BCUT2D eigenvalue weighted by Crippen LogP contribution is -2.48. The Morgan fingerprint density at radius 2 is 1.55 bits per heavy atom. The second-order valence-electron chi connectivity index (χ2n) is 7.97. The van der Waals surface area contributed by atoms with Crippen LogP contribution in [0.25, 0.3) is 0 Å². The van der Waals surface area contributed by atoms with Crippen LogP contribution in [0.15, 0.2) is 66.7 Å². The van der Waals surface area contributed by atoms with E-state index < -0.39 is 0 Å². The molecule has 4 rings (SSSR count). The number of hydrogen-bond acceptors (Lipinski definition) is 4. The summed E-state index contributed by atoms with van der Waals surface area (Å²) in [6.07, 6.45) is 0. The predicted octanol–water partition coefficient (Wildman–Crippen LogP) is 5.54. The number of ether oxygens (including phenoxy) is 2. The van der Waals surface area contributed by atoms with E-state index in [-0.39, 0.29) is 5.91 Å². The van der Waals surface area contributed by atoms with Gasteiger partial charge in [0.15, 0.2) is 0 Å². The monoisotopic (exact) mass is 484 g/mol. The van der Waals surface area contributed by atoms with Crippen LogP contribution in [0.2, 0.25) is 10.0 Å². The summed E-state index contributed by atoms with van der Waals surface area (Å²) in [5, 5.41) is 1.31. The molecule has 5 nitrogen and oxygen atoms in total. The zero-order valence-electron chi connectivity index (χ0n) is 18.5. The molecule has 1 saturated heterocycles. The summed E-state index contributed by atoms with van der Waals surface area (Å²) in [6.45, 7) is 4.17. The van der Waals surface area contributed by atoms with E-state index in [2.05, 4.69) is 4.90 Å². The molecule has 0 radical (unpaired) electrons. The third-order valence-electron chi connectivity index (χ3n) is 5.73. The maximum absolute atomic E-state index is 12.9. The number of carbonyl (C=O) groups is 1. The van der Waals surface area contributed by atoms with Crippen LogP contribution in [-0.2, 0) is 13.2 Å². The predicted molar refractivity (Wildman–Crippen MR) is 131 cm³/mol. The molecule has 172 valence electrons. The zero-order chi connectivity index (χ0) is 23.2. The van der Waals surface area contributed by atoms with Gasteiger partial charge in [-0.1, -0.05) is 41.4 Å². The van der Waals surface area contributed by atoms with Gasteiger partial charge >= 0.3 is 0 Å². The smallest absolute Gasteiger partial charge is 0.253 e. The molecule has 0 aliphatic carbocycles. The lowest BCUT2D eigenvalue weighted by molar-refractivity contribution is 0.0628. The fourth-order valence-electron chi connectivity index (χ4n) is 3.76. The van der Waals surface area contributed by atoms with Crippen molar-refractivity contribution >= 4 is 29.1 Å². The molecule has 7 heteroatoms. The average Bonchev–Trinajstić information content (AvgIpc) is 2.85. The Morgan fingerprint density at radius 1 is 0.879 bits per heavy atom. The minimum Gasteiger partial charge on any atom is -0.497 e. The van der Waals surface area contributed by atoms with E-state index in [1.165, 1.54) is 0 Å². The van der Waals surface area contributed by atoms with Gasteiger partial charge in [-0.05, 0) is 59.7 Å². The van der Waals surface area contributed by atoms with Crippen LogP contribution in [-0.4, -0.2) is 49.0 Å². The molecule has 0 saturated carbocycles. The number of rotatable bonds is 7. The highest BCUT2D eigenvalue weighted by molar-refractivity contribution is 6.35. The lowest BCUT2D eigenvalue weighted by atomic mass is 10.1. The summed E-state index contributed by atoms with van der Waals surface area (Å²) in [4.78, 5) is 17.1. The van der Waals surface area contributed by atoms with E-state index in [9.17, 15) is 4.79 Å². The Bertz CT molecular complexity index is 1080. The first kappa shape index (κ1) is 23.4. The molecule has 0 N–H and O–H groups in total. The molecule has 33 heavy (non-hydrogen) atoms. The third-order valence-corrected chi connectivity index (χ3v) is 6.32. The summed E-state index contributed by atoms with van der Waals surface area (Å²) in [7, 11) is 1.63. The molecule has 1 aliphatic heterocycles. The standard InChI is InChI=1S/C26H26Cl2N2O3/c1-32-23-8-10-24(11-9-23)33-18-19-2-4-20(5-3-19)26(31)30-14-12-29(13-15-30)17-21-6-7-22(27)16-25(21)28/h2-11,16H,12-15,17-18H2,1H3. The summed E-state index contributed by atoms with van der Waals surface area (Å²) in [5.41, 5.74) is 2.75. The van der Waals surface area contributed by atoms with Crippen LogP contribution in [0.5, 0.6) is 11.5 Å². The lowest BCUT2D eigenvalue weighted by Gasteiger charge is -2.35. The molecule has 1 amide bonds. The molecular weight excluding hydrogens is 459 g/mol. The Hall–Kier alpha value is -2.73. The van der Waals surface area contributed by atoms with Crippen LogP contribution in [0.4, 0.5) is 0 Å². The van der Waals surface area contributed by atoms with Crippen molar-refractivity contribution in [3.05, 3.63) is 93.5 Å². The quantitative estimate of drug-likeness (QED) is 0.441. The second-order valence-corrected chi connectivity index (χ2v) is 8.81. The number of methoxy groups -OCH3 is 1. The van der Waals surface area contributed by atoms with Gasteiger partial charge in [0.1, 0.15) is 18.1 Å². The van der Waals surface area contributed by atoms with Gasteiger partial charge < -0.3 is 14.4 Å². The molecule has 0 aromatic heterocycles. The largest absolute Gasteiger partial charge is 0.497 e. The molecule has 0 atom stereocenters. The number of nitrogens with zero attached hydrogens (tertiary/aromatic N) is 2. The maximum Gasteiger partial charge on any atom is 0.253 e. The van der Waals surface area contributed by atoms with Gasteiger partial charge in [0.05, 0.1) is 7.11 Å². The van der Waals surface area contributed by atoms with Crippen molar-refractivity contribution in [3.8, 4) is 11.5 Å². The van der Waals surface area contributed by atoms with E-state index in [0.717, 1.165) is 42.3 Å². The molecule has 3 aromatic carbocycles. The number of hydrogen-bond donors (Lipinski definition) is 0. The van der Waals surface area contributed by atoms with Crippen molar-refractivity contribution in [2.24, 2.45) is 0 Å². The Labute approximate surface area is 204 Å². The van der Waals surface area contributed by atoms with Gasteiger partial charge in [0, 0.05) is 48.3 Å². The van der Waals surface area contributed by atoms with Crippen LogP contribution < -0.4 is 9.47 Å². The summed E-state index contributed by atoms with van der Waals surface area (Å²) < 4.78 is 11.0. The van der Waals surface area contributed by atoms with E-state index in [4.69, 9.17) is 32.7 Å². The van der Waals surface area contributed by atoms with Crippen molar-refractivity contribution in [2.45, 2.75) is 13.2 Å². The number of benzene rings is 3. The fourth-order valence-corrected chi connectivity index (χ4v) is 4.23. The highest BCUT2D eigenvalue weighted by Crippen LogP contribution is 2.23. The van der Waals surface area contributed by atoms with Gasteiger partial charge in [-0.3, -0.25) is 9.69 Å². The Kier molecular flexibility index (Phi) is 7.76. The van der Waals surface area contributed by atoms with Gasteiger partial charge in [0.2, 0.25) is 0 Å². The van der Waals surface area contributed by atoms with Crippen molar-refractivity contribution in [1.82, 2.24) is 9.80 Å². The molecule has 0 bridgehead atoms. The summed E-state index contributed by atoms with van der Waals surface area (Å²) in [5.74, 6) is 1.62. The van der Waals surface area contributed by atoms with E-state index in [0.29, 0.717) is 35.3 Å². The van der Waals surface area contributed by atoms with E-state index in [1.54, 1.807) is 13.2 Å². The minimum atomic E-state index is 0.0572. The Morgan fingerprint density at radius 3 is 2.18 bits per heavy atom. The van der Waals surface area contributed by atoms with E-state index in [1.807, 2.05) is 65.6 Å². The van der Waals surface area contributed by atoms with Crippen LogP contribution in [0, 0.1) is 0 Å². The minimum absolute atomic E-state index is 0.0572. The summed E-state index contributed by atoms with van der Waals surface area (Å²) in [6, 6.07) is 20.7. The molecule has 1 fully saturated rings. The first-order valence-electron chi connectivity index (χ1n) is 10.8. The summed E-state index contributed by atoms with van der Waals surface area (Å²) >= 11 is 12.3. The first-order valence-corrected chi connectivity index (χ1v) is 11.6. The normalized spacial score (nSPS) is 14.2.